The number of aliphatic imine (C=N–C) groups is 1. The summed E-state index contributed by atoms with van der Waals surface area (Å²) in [6.07, 6.45) is -0.157. The van der Waals surface area contributed by atoms with Crippen molar-refractivity contribution in [2.45, 2.75) is 12.1 Å². The maximum Gasteiger partial charge on any atom is 0.270 e. The zero-order valence-electron chi connectivity index (χ0n) is 13.3. The number of benzene rings is 2. The van der Waals surface area contributed by atoms with Crippen LogP contribution in [0.5, 0.6) is 5.75 Å². The van der Waals surface area contributed by atoms with E-state index in [4.69, 9.17) is 0 Å². The third kappa shape index (κ3) is 4.37. The van der Waals surface area contributed by atoms with E-state index in [1.165, 1.54) is 24.3 Å². The molecule has 10 nitrogen and oxygen atoms in total. The fourth-order valence-electron chi connectivity index (χ4n) is 2.18. The molecule has 0 aliphatic rings. The van der Waals surface area contributed by atoms with E-state index in [-0.39, 0.29) is 22.7 Å². The van der Waals surface area contributed by atoms with E-state index in [0.717, 1.165) is 24.4 Å². The average molecular weight is 361 g/mol. The van der Waals surface area contributed by atoms with Gasteiger partial charge in [0.15, 0.2) is 0 Å². The minimum Gasteiger partial charge on any atom is -0.507 e. The third-order valence-electron chi connectivity index (χ3n) is 3.62. The number of nitrogens with zero attached hydrogens (tertiary/aromatic N) is 3. The van der Waals surface area contributed by atoms with E-state index >= 15 is 0 Å². The molecular formula is C16H15N3O7. The Morgan fingerprint density at radius 2 is 1.62 bits per heavy atom. The number of rotatable bonds is 7. The molecule has 2 aromatic rings. The summed E-state index contributed by atoms with van der Waals surface area (Å²) in [6.45, 7) is -0.551. The lowest BCUT2D eigenvalue weighted by atomic mass is 10.0. The summed E-state index contributed by atoms with van der Waals surface area (Å²) in [6, 6.07) is 7.44. The minimum atomic E-state index is -1.27. The number of nitro groups is 2. The Morgan fingerprint density at radius 1 is 1.04 bits per heavy atom. The van der Waals surface area contributed by atoms with E-state index in [0.29, 0.717) is 5.56 Å². The number of hydrogen-bond donors (Lipinski definition) is 3. The zero-order valence-corrected chi connectivity index (χ0v) is 13.3. The van der Waals surface area contributed by atoms with Gasteiger partial charge in [0.25, 0.3) is 11.4 Å². The van der Waals surface area contributed by atoms with Crippen LogP contribution >= 0.6 is 0 Å². The van der Waals surface area contributed by atoms with Gasteiger partial charge in [0.1, 0.15) is 17.9 Å². The van der Waals surface area contributed by atoms with Crippen LogP contribution in [0.4, 0.5) is 11.4 Å². The van der Waals surface area contributed by atoms with Crippen molar-refractivity contribution in [2.24, 2.45) is 4.99 Å². The smallest absolute Gasteiger partial charge is 0.270 e. The second-order valence-electron chi connectivity index (χ2n) is 5.32. The van der Waals surface area contributed by atoms with Gasteiger partial charge in [-0.25, -0.2) is 0 Å². The Hall–Kier alpha value is -3.37. The van der Waals surface area contributed by atoms with Crippen LogP contribution in [0.25, 0.3) is 0 Å². The average Bonchev–Trinajstić information content (AvgIpc) is 2.63. The summed E-state index contributed by atoms with van der Waals surface area (Å²) in [7, 11) is 0. The van der Waals surface area contributed by atoms with E-state index in [1.807, 2.05) is 0 Å². The quantitative estimate of drug-likeness (QED) is 0.384. The molecule has 0 amide bonds. The van der Waals surface area contributed by atoms with Crippen molar-refractivity contribution in [2.75, 3.05) is 6.61 Å². The number of phenols is 1. The molecular weight excluding hydrogens is 346 g/mol. The summed E-state index contributed by atoms with van der Waals surface area (Å²) < 4.78 is 0. The second kappa shape index (κ2) is 8.14. The molecule has 0 spiro atoms. The lowest BCUT2D eigenvalue weighted by Crippen LogP contribution is -2.21. The van der Waals surface area contributed by atoms with E-state index < -0.39 is 28.6 Å². The number of nitro benzene ring substituents is 2. The van der Waals surface area contributed by atoms with Gasteiger partial charge in [-0.15, -0.1) is 0 Å². The van der Waals surface area contributed by atoms with Gasteiger partial charge in [0.05, 0.1) is 16.5 Å². The van der Waals surface area contributed by atoms with E-state index in [1.54, 1.807) is 0 Å². The molecule has 10 heteroatoms. The number of non-ortho nitro benzene ring substituents is 2. The highest BCUT2D eigenvalue weighted by atomic mass is 16.6. The molecule has 136 valence electrons. The molecule has 0 saturated carbocycles. The summed E-state index contributed by atoms with van der Waals surface area (Å²) >= 11 is 0. The van der Waals surface area contributed by atoms with Gasteiger partial charge in [0.2, 0.25) is 0 Å². The molecule has 0 aliphatic carbocycles. The molecule has 0 bridgehead atoms. The minimum absolute atomic E-state index is 0.0496. The molecule has 0 aromatic heterocycles. The number of aliphatic hydroxyl groups excluding tert-OH is 2. The summed E-state index contributed by atoms with van der Waals surface area (Å²) in [4.78, 5) is 24.2. The Bertz CT molecular complexity index is 836. The molecule has 26 heavy (non-hydrogen) atoms. The van der Waals surface area contributed by atoms with Crippen molar-refractivity contribution in [1.29, 1.82) is 0 Å². The molecule has 3 N–H and O–H groups in total. The maximum absolute atomic E-state index is 10.8. The number of hydrogen-bond acceptors (Lipinski definition) is 8. The fourth-order valence-corrected chi connectivity index (χ4v) is 2.18. The van der Waals surface area contributed by atoms with Gasteiger partial charge in [0, 0.05) is 36.0 Å². The highest BCUT2D eigenvalue weighted by Gasteiger charge is 2.20. The third-order valence-corrected chi connectivity index (χ3v) is 3.62. The van der Waals surface area contributed by atoms with E-state index in [9.17, 15) is 35.5 Å². The fraction of sp³-hybridized carbons (Fsp3) is 0.188. The monoisotopic (exact) mass is 361 g/mol. The van der Waals surface area contributed by atoms with Crippen LogP contribution in [0.2, 0.25) is 0 Å². The molecule has 0 aliphatic heterocycles. The first-order valence-electron chi connectivity index (χ1n) is 7.37. The standard InChI is InChI=1S/C16H15N3O7/c20-9-14(16(22)10-1-3-12(4-2-10)18(23)24)17-8-11-7-13(19(25)26)5-6-15(11)21/h1-8,14,16,20-22H,9H2/t14-,16-/m1/s1. The highest BCUT2D eigenvalue weighted by molar-refractivity contribution is 5.84. The van der Waals surface area contributed by atoms with Gasteiger partial charge >= 0.3 is 0 Å². The Balaban J connectivity index is 2.22. The number of aromatic hydroxyl groups is 1. The van der Waals surface area contributed by atoms with Crippen molar-refractivity contribution in [3.63, 3.8) is 0 Å². The van der Waals surface area contributed by atoms with Crippen molar-refractivity contribution in [3.05, 3.63) is 73.8 Å². The molecule has 0 fully saturated rings. The van der Waals surface area contributed by atoms with Crippen LogP contribution in [0.1, 0.15) is 17.2 Å². The van der Waals surface area contributed by atoms with Gasteiger partial charge in [-0.2, -0.15) is 0 Å². The van der Waals surface area contributed by atoms with Gasteiger partial charge in [-0.05, 0) is 23.8 Å². The van der Waals surface area contributed by atoms with Gasteiger partial charge in [-0.3, -0.25) is 25.2 Å². The first-order chi connectivity index (χ1) is 12.3. The van der Waals surface area contributed by atoms with Crippen LogP contribution in [0.3, 0.4) is 0 Å². The SMILES string of the molecule is O=[N+]([O-])c1ccc([C@@H](O)[C@@H](CO)N=Cc2cc([N+](=O)[O-])ccc2O)cc1. The predicted octanol–water partition coefficient (Wildman–Crippen LogP) is 1.72. The molecule has 2 rings (SSSR count). The molecule has 2 aromatic carbocycles. The zero-order chi connectivity index (χ0) is 19.3. The Labute approximate surface area is 147 Å². The second-order valence-corrected chi connectivity index (χ2v) is 5.32. The summed E-state index contributed by atoms with van der Waals surface area (Å²) in [5.74, 6) is -0.249. The first-order valence-corrected chi connectivity index (χ1v) is 7.37. The van der Waals surface area contributed by atoms with Crippen molar-refractivity contribution < 1.29 is 25.2 Å². The molecule has 0 heterocycles. The largest absolute Gasteiger partial charge is 0.507 e. The topological polar surface area (TPSA) is 159 Å². The van der Waals surface area contributed by atoms with Crippen molar-refractivity contribution in [3.8, 4) is 5.75 Å². The van der Waals surface area contributed by atoms with Crippen LogP contribution in [0, 0.1) is 20.2 Å². The lowest BCUT2D eigenvalue weighted by molar-refractivity contribution is -0.385. The first kappa shape index (κ1) is 19.0. The van der Waals surface area contributed by atoms with Crippen LogP contribution in [-0.4, -0.2) is 44.0 Å². The molecule has 0 saturated heterocycles. The van der Waals surface area contributed by atoms with Crippen molar-refractivity contribution in [1.82, 2.24) is 0 Å². The predicted molar refractivity (Wildman–Crippen MR) is 91.3 cm³/mol. The highest BCUT2D eigenvalue weighted by Crippen LogP contribution is 2.24. The van der Waals surface area contributed by atoms with E-state index in [2.05, 4.69) is 4.99 Å². The van der Waals surface area contributed by atoms with Crippen LogP contribution < -0.4 is 0 Å². The molecule has 2 atom stereocenters. The van der Waals surface area contributed by atoms with Gasteiger partial charge < -0.3 is 15.3 Å². The maximum atomic E-state index is 10.8. The van der Waals surface area contributed by atoms with Crippen molar-refractivity contribution >= 4 is 17.6 Å². The molecule has 0 radical (unpaired) electrons. The van der Waals surface area contributed by atoms with Crippen LogP contribution in [0.15, 0.2) is 47.5 Å². The Kier molecular flexibility index (Phi) is 5.94. The number of phenolic OH excluding ortho intramolecular Hbond substituents is 1. The summed E-state index contributed by atoms with van der Waals surface area (Å²) in [5.41, 5.74) is -0.0455. The Morgan fingerprint density at radius 3 is 2.15 bits per heavy atom. The lowest BCUT2D eigenvalue weighted by Gasteiger charge is -2.17. The van der Waals surface area contributed by atoms with Crippen LogP contribution in [-0.2, 0) is 0 Å². The normalized spacial score (nSPS) is 13.5. The van der Waals surface area contributed by atoms with Gasteiger partial charge in [-0.1, -0.05) is 0 Å². The summed E-state index contributed by atoms with van der Waals surface area (Å²) in [5, 5.41) is 50.9. The molecule has 0 unspecified atom stereocenters. The number of aliphatic hydroxyl groups is 2.